The third-order valence-electron chi connectivity index (χ3n) is 4.58. The van der Waals surface area contributed by atoms with Crippen molar-refractivity contribution in [2.45, 2.75) is 6.42 Å². The van der Waals surface area contributed by atoms with E-state index in [2.05, 4.69) is 15.2 Å². The van der Waals surface area contributed by atoms with E-state index >= 15 is 0 Å². The summed E-state index contributed by atoms with van der Waals surface area (Å²) in [7, 11) is 3.50. The maximum absolute atomic E-state index is 5.78. The van der Waals surface area contributed by atoms with Crippen LogP contribution in [-0.4, -0.2) is 77.9 Å². The van der Waals surface area contributed by atoms with Crippen LogP contribution in [0.15, 0.2) is 23.2 Å². The molecule has 0 amide bonds. The molecule has 0 saturated carbocycles. The Balaban J connectivity index is 1.34. The van der Waals surface area contributed by atoms with Gasteiger partial charge in [0.2, 0.25) is 6.79 Å². The molecule has 3 rings (SSSR count). The second-order valence-corrected chi connectivity index (χ2v) is 6.51. The zero-order valence-corrected chi connectivity index (χ0v) is 16.1. The van der Waals surface area contributed by atoms with E-state index in [1.165, 1.54) is 0 Å². The van der Waals surface area contributed by atoms with Crippen molar-refractivity contribution in [1.82, 2.24) is 10.2 Å². The number of hydrogen-bond acceptors (Lipinski definition) is 6. The van der Waals surface area contributed by atoms with Gasteiger partial charge in [-0.25, -0.2) is 0 Å². The number of guanidine groups is 1. The highest BCUT2D eigenvalue weighted by Gasteiger charge is 2.24. The monoisotopic (exact) mass is 379 g/mol. The first kappa shape index (κ1) is 19.6. The largest absolute Gasteiger partial charge is 0.492 e. The molecule has 0 radical (unpaired) electrons. The summed E-state index contributed by atoms with van der Waals surface area (Å²) in [6.07, 6.45) is 1.11. The Bertz CT molecular complexity index is 625. The molecule has 2 aliphatic rings. The smallest absolute Gasteiger partial charge is 0.231 e. The quantitative estimate of drug-likeness (QED) is 0.394. The summed E-state index contributed by atoms with van der Waals surface area (Å²) >= 11 is 0. The fourth-order valence-electron chi connectivity index (χ4n) is 3.18. The Kier molecular flexibility index (Phi) is 7.41. The molecule has 0 spiro atoms. The van der Waals surface area contributed by atoms with Crippen molar-refractivity contribution >= 4 is 5.96 Å². The predicted molar refractivity (Wildman–Crippen MR) is 102 cm³/mol. The van der Waals surface area contributed by atoms with Crippen LogP contribution in [0.3, 0.4) is 0 Å². The first-order valence-electron chi connectivity index (χ1n) is 9.35. The molecule has 0 bridgehead atoms. The first-order chi connectivity index (χ1) is 13.3. The molecule has 27 heavy (non-hydrogen) atoms. The molecular weight excluding hydrogens is 350 g/mol. The molecule has 1 fully saturated rings. The van der Waals surface area contributed by atoms with Crippen molar-refractivity contribution in [3.8, 4) is 17.2 Å². The minimum absolute atomic E-state index is 0.269. The molecule has 8 heteroatoms. The predicted octanol–water partition coefficient (Wildman–Crippen LogP) is 1.35. The van der Waals surface area contributed by atoms with E-state index in [9.17, 15) is 0 Å². The van der Waals surface area contributed by atoms with Crippen LogP contribution in [0.2, 0.25) is 0 Å². The molecule has 1 saturated heterocycles. The van der Waals surface area contributed by atoms with Crippen molar-refractivity contribution in [3.63, 3.8) is 0 Å². The lowest BCUT2D eigenvalue weighted by atomic mass is 10.1. The number of nitrogens with one attached hydrogen (secondary N) is 1. The van der Waals surface area contributed by atoms with Crippen molar-refractivity contribution in [3.05, 3.63) is 18.2 Å². The molecule has 1 atom stereocenters. The number of hydrogen-bond donors (Lipinski definition) is 1. The maximum Gasteiger partial charge on any atom is 0.231 e. The molecule has 1 N–H and O–H groups in total. The Hall–Kier alpha value is -2.19. The van der Waals surface area contributed by atoms with Gasteiger partial charge in [0.05, 0.1) is 26.4 Å². The molecule has 2 aliphatic heterocycles. The third-order valence-corrected chi connectivity index (χ3v) is 4.58. The lowest BCUT2D eigenvalue weighted by Crippen LogP contribution is -2.41. The molecule has 0 aliphatic carbocycles. The van der Waals surface area contributed by atoms with Crippen LogP contribution in [0.1, 0.15) is 6.42 Å². The van der Waals surface area contributed by atoms with E-state index in [0.717, 1.165) is 49.3 Å². The summed E-state index contributed by atoms with van der Waals surface area (Å²) in [5.74, 6) is 3.70. The summed E-state index contributed by atoms with van der Waals surface area (Å²) in [4.78, 5) is 6.65. The molecule has 1 unspecified atom stereocenters. The number of ether oxygens (including phenoxy) is 5. The Morgan fingerprint density at radius 1 is 1.26 bits per heavy atom. The topological polar surface area (TPSA) is 73.8 Å². The Morgan fingerprint density at radius 2 is 2.15 bits per heavy atom. The maximum atomic E-state index is 5.78. The van der Waals surface area contributed by atoms with Gasteiger partial charge in [0, 0.05) is 39.2 Å². The van der Waals surface area contributed by atoms with Crippen molar-refractivity contribution < 1.29 is 23.7 Å². The normalized spacial score (nSPS) is 18.8. The second kappa shape index (κ2) is 10.2. The van der Waals surface area contributed by atoms with E-state index in [1.807, 2.05) is 25.2 Å². The molecule has 1 aromatic rings. The van der Waals surface area contributed by atoms with E-state index < -0.39 is 0 Å². The minimum atomic E-state index is 0.269. The Morgan fingerprint density at radius 3 is 3.00 bits per heavy atom. The summed E-state index contributed by atoms with van der Waals surface area (Å²) < 4.78 is 27.1. The van der Waals surface area contributed by atoms with Crippen LogP contribution >= 0.6 is 0 Å². The summed E-state index contributed by atoms with van der Waals surface area (Å²) in [5, 5.41) is 3.37. The van der Waals surface area contributed by atoms with Crippen molar-refractivity contribution in [1.29, 1.82) is 0 Å². The zero-order valence-electron chi connectivity index (χ0n) is 16.1. The van der Waals surface area contributed by atoms with E-state index in [4.69, 9.17) is 23.7 Å². The number of methoxy groups -OCH3 is 1. The van der Waals surface area contributed by atoms with Crippen LogP contribution in [0.4, 0.5) is 0 Å². The number of benzene rings is 1. The van der Waals surface area contributed by atoms with Gasteiger partial charge in [-0.2, -0.15) is 0 Å². The average molecular weight is 379 g/mol. The average Bonchev–Trinajstić information content (AvgIpc) is 3.34. The van der Waals surface area contributed by atoms with Gasteiger partial charge in [0.25, 0.3) is 0 Å². The van der Waals surface area contributed by atoms with E-state index in [-0.39, 0.29) is 6.79 Å². The van der Waals surface area contributed by atoms with Crippen molar-refractivity contribution in [2.24, 2.45) is 10.9 Å². The van der Waals surface area contributed by atoms with E-state index in [1.54, 1.807) is 7.11 Å². The number of fused-ring (bicyclic) bond motifs is 1. The fraction of sp³-hybridized carbons (Fsp3) is 0.632. The molecule has 8 nitrogen and oxygen atoms in total. The summed E-state index contributed by atoms with van der Waals surface area (Å²) in [6.45, 7) is 5.48. The van der Waals surface area contributed by atoms with Gasteiger partial charge in [0.1, 0.15) is 12.4 Å². The van der Waals surface area contributed by atoms with Gasteiger partial charge in [0.15, 0.2) is 17.5 Å². The van der Waals surface area contributed by atoms with E-state index in [0.29, 0.717) is 32.3 Å². The van der Waals surface area contributed by atoms with Crippen LogP contribution in [0, 0.1) is 5.92 Å². The molecule has 2 heterocycles. The highest BCUT2D eigenvalue weighted by molar-refractivity contribution is 5.80. The van der Waals surface area contributed by atoms with Gasteiger partial charge >= 0.3 is 0 Å². The first-order valence-corrected chi connectivity index (χ1v) is 9.35. The van der Waals surface area contributed by atoms with Crippen LogP contribution < -0.4 is 19.5 Å². The van der Waals surface area contributed by atoms with Crippen molar-refractivity contribution in [2.75, 3.05) is 67.0 Å². The number of likely N-dealkylation sites (tertiary alicyclic amines) is 1. The lowest BCUT2D eigenvalue weighted by molar-refractivity contribution is 0.0536. The summed E-state index contributed by atoms with van der Waals surface area (Å²) in [5.41, 5.74) is 0. The molecule has 1 aromatic carbocycles. The molecule has 0 aromatic heterocycles. The van der Waals surface area contributed by atoms with Gasteiger partial charge in [-0.1, -0.05) is 0 Å². The number of nitrogens with zero attached hydrogens (tertiary/aromatic N) is 2. The van der Waals surface area contributed by atoms with Crippen LogP contribution in [-0.2, 0) is 9.47 Å². The lowest BCUT2D eigenvalue weighted by Gasteiger charge is -2.21. The van der Waals surface area contributed by atoms with Crippen LogP contribution in [0.25, 0.3) is 0 Å². The Labute approximate surface area is 160 Å². The van der Waals surface area contributed by atoms with Gasteiger partial charge in [-0.3, -0.25) is 4.99 Å². The van der Waals surface area contributed by atoms with Gasteiger partial charge in [-0.15, -0.1) is 0 Å². The highest BCUT2D eigenvalue weighted by Crippen LogP contribution is 2.34. The summed E-state index contributed by atoms with van der Waals surface area (Å²) in [6, 6.07) is 5.60. The van der Waals surface area contributed by atoms with Crippen LogP contribution in [0.5, 0.6) is 17.2 Å². The second-order valence-electron chi connectivity index (χ2n) is 6.51. The number of rotatable bonds is 9. The zero-order chi connectivity index (χ0) is 18.9. The van der Waals surface area contributed by atoms with Gasteiger partial charge in [-0.05, 0) is 18.6 Å². The highest BCUT2D eigenvalue weighted by atomic mass is 16.7. The standard InChI is InChI=1S/C19H29N3O5/c1-20-19(22-7-5-15(12-22)13-24-10-9-23-2)21-6-8-25-16-3-4-17-18(11-16)27-14-26-17/h3-4,11,15H,5-10,12-14H2,1-2H3,(H,20,21). The third kappa shape index (κ3) is 5.64. The number of aliphatic imine (C=N–C) groups is 1. The molecular formula is C19H29N3O5. The van der Waals surface area contributed by atoms with Gasteiger partial charge < -0.3 is 33.9 Å². The molecule has 150 valence electrons. The fourth-order valence-corrected chi connectivity index (χ4v) is 3.18. The SMILES string of the molecule is CN=C(NCCOc1ccc2c(c1)OCO2)N1CCC(COCCOC)C1. The minimum Gasteiger partial charge on any atom is -0.492 e.